The summed E-state index contributed by atoms with van der Waals surface area (Å²) in [6.45, 7) is 12.4. The van der Waals surface area contributed by atoms with Gasteiger partial charge in [0.05, 0.1) is 32.1 Å². The maximum absolute atomic E-state index is 12.1. The fourth-order valence-electron chi connectivity index (χ4n) is 2.78. The minimum atomic E-state index is -0.518. The molecule has 1 atom stereocenters. The number of nitrogens with zero attached hydrogens (tertiary/aromatic N) is 1. The summed E-state index contributed by atoms with van der Waals surface area (Å²) < 4.78 is 15.0. The van der Waals surface area contributed by atoms with Crippen molar-refractivity contribution in [2.45, 2.75) is 59.8 Å². The number of aliphatic hydroxyl groups is 1. The van der Waals surface area contributed by atoms with E-state index in [2.05, 4.69) is 12.3 Å². The Morgan fingerprint density at radius 2 is 1.45 bits per heavy atom. The van der Waals surface area contributed by atoms with Gasteiger partial charge in [0, 0.05) is 19.8 Å². The fourth-order valence-corrected chi connectivity index (χ4v) is 2.78. The predicted molar refractivity (Wildman–Crippen MR) is 131 cm³/mol. The zero-order valence-electron chi connectivity index (χ0n) is 20.9. The summed E-state index contributed by atoms with van der Waals surface area (Å²) in [5.41, 5.74) is 3.34. The second kappa shape index (κ2) is 21.8. The Morgan fingerprint density at radius 3 is 1.97 bits per heavy atom. The lowest BCUT2D eigenvalue weighted by molar-refractivity contribution is -0.127. The average molecular weight is 469 g/mol. The van der Waals surface area contributed by atoms with Gasteiger partial charge in [0.25, 0.3) is 11.8 Å². The van der Waals surface area contributed by atoms with Crippen LogP contribution in [0.4, 0.5) is 5.69 Å². The smallest absolute Gasteiger partial charge is 0.258 e. The zero-order valence-corrected chi connectivity index (χ0v) is 20.9. The molecule has 190 valence electrons. The van der Waals surface area contributed by atoms with Gasteiger partial charge < -0.3 is 19.3 Å². The molecule has 0 bridgehead atoms. The maximum atomic E-state index is 12.1. The second-order valence-corrected chi connectivity index (χ2v) is 7.26. The van der Waals surface area contributed by atoms with Gasteiger partial charge in [0.15, 0.2) is 0 Å². The highest BCUT2D eigenvalue weighted by Crippen LogP contribution is 2.22. The molecule has 1 unspecified atom stereocenters. The molecule has 0 aliphatic carbocycles. The molecule has 8 heteroatoms. The number of anilines is 1. The molecule has 33 heavy (non-hydrogen) atoms. The van der Waals surface area contributed by atoms with Crippen LogP contribution in [0.2, 0.25) is 0 Å². The summed E-state index contributed by atoms with van der Waals surface area (Å²) in [5, 5.41) is 9.69. The number of para-hydroxylation sites is 1. The number of carbonyl (C=O) groups excluding carboxylic acids is 2. The lowest BCUT2D eigenvalue weighted by Crippen LogP contribution is -2.35. The number of hydrazine groups is 1. The zero-order chi connectivity index (χ0) is 24.7. The van der Waals surface area contributed by atoms with Crippen molar-refractivity contribution >= 4 is 17.5 Å². The van der Waals surface area contributed by atoms with Gasteiger partial charge in [-0.25, -0.2) is 5.01 Å². The molecule has 0 radical (unpaired) electrons. The van der Waals surface area contributed by atoms with E-state index in [1.807, 2.05) is 39.0 Å². The third kappa shape index (κ3) is 14.7. The van der Waals surface area contributed by atoms with Gasteiger partial charge in [-0.1, -0.05) is 51.3 Å². The molecule has 1 heterocycles. The highest BCUT2D eigenvalue weighted by molar-refractivity contribution is 6.14. The fraction of sp³-hybridized carbons (Fsp3) is 0.680. The number of amides is 2. The molecule has 8 nitrogen and oxygen atoms in total. The number of ether oxygens (including phenoxy) is 3. The lowest BCUT2D eigenvalue weighted by Gasteiger charge is -2.14. The number of hydrogen-bond acceptors (Lipinski definition) is 6. The van der Waals surface area contributed by atoms with E-state index in [9.17, 15) is 9.59 Å². The monoisotopic (exact) mass is 468 g/mol. The molecule has 0 saturated carbocycles. The van der Waals surface area contributed by atoms with E-state index in [0.29, 0.717) is 31.9 Å². The lowest BCUT2D eigenvalue weighted by atomic mass is 10.0. The molecular formula is C25H44N2O6. The van der Waals surface area contributed by atoms with Gasteiger partial charge in [0.1, 0.15) is 5.92 Å². The van der Waals surface area contributed by atoms with E-state index in [-0.39, 0.29) is 18.4 Å². The van der Waals surface area contributed by atoms with Crippen molar-refractivity contribution in [2.24, 2.45) is 5.92 Å². The van der Waals surface area contributed by atoms with Crippen LogP contribution in [0.5, 0.6) is 0 Å². The van der Waals surface area contributed by atoms with Crippen LogP contribution in [0.3, 0.4) is 0 Å². The van der Waals surface area contributed by atoms with Gasteiger partial charge in [-0.15, -0.1) is 0 Å². The number of rotatable bonds is 14. The Labute approximate surface area is 199 Å². The van der Waals surface area contributed by atoms with Crippen LogP contribution in [0.15, 0.2) is 30.3 Å². The number of unbranched alkanes of at least 4 members (excludes halogenated alkanes) is 2. The van der Waals surface area contributed by atoms with Crippen molar-refractivity contribution in [3.8, 4) is 0 Å². The Balaban J connectivity index is 0.000000551. The van der Waals surface area contributed by atoms with Crippen LogP contribution in [-0.4, -0.2) is 63.2 Å². The first-order chi connectivity index (χ1) is 16.1. The minimum Gasteiger partial charge on any atom is -0.394 e. The largest absolute Gasteiger partial charge is 0.394 e. The molecule has 0 spiro atoms. The van der Waals surface area contributed by atoms with Crippen LogP contribution in [0, 0.1) is 5.92 Å². The van der Waals surface area contributed by atoms with Crippen LogP contribution in [0.1, 0.15) is 59.8 Å². The SMILES string of the molecule is CCCCC1C(=O)NN(c2ccccc2)C1=O.CCCCOCCOCCO.CCOCC. The second-order valence-electron chi connectivity index (χ2n) is 7.26. The average Bonchev–Trinajstić information content (AvgIpc) is 3.12. The van der Waals surface area contributed by atoms with E-state index in [4.69, 9.17) is 19.3 Å². The number of carbonyl (C=O) groups is 2. The topological polar surface area (TPSA) is 97.3 Å². The molecule has 1 aromatic rings. The highest BCUT2D eigenvalue weighted by Gasteiger charge is 2.39. The number of hydrogen-bond donors (Lipinski definition) is 2. The summed E-state index contributed by atoms with van der Waals surface area (Å²) in [7, 11) is 0. The van der Waals surface area contributed by atoms with E-state index in [1.165, 1.54) is 5.01 Å². The summed E-state index contributed by atoms with van der Waals surface area (Å²) in [5.74, 6) is -0.850. The molecule has 2 rings (SSSR count). The van der Waals surface area contributed by atoms with Gasteiger partial charge in [-0.2, -0.15) is 0 Å². The standard InChI is InChI=1S/C13H16N2O2.C8H18O3.C4H10O/c1-2-3-9-11-12(16)14-15(13(11)17)10-7-5-4-6-8-10;1-2-3-5-10-7-8-11-6-4-9;1-3-5-4-2/h4-8,11H,2-3,9H2,1H3,(H,14,16);9H,2-8H2,1H3;3-4H2,1-2H3. The molecule has 2 amide bonds. The van der Waals surface area contributed by atoms with Gasteiger partial charge in [-0.05, 0) is 38.8 Å². The van der Waals surface area contributed by atoms with Crippen molar-refractivity contribution in [3.63, 3.8) is 0 Å². The van der Waals surface area contributed by atoms with Crippen LogP contribution >= 0.6 is 0 Å². The predicted octanol–water partition coefficient (Wildman–Crippen LogP) is 3.73. The van der Waals surface area contributed by atoms with Crippen molar-refractivity contribution in [1.82, 2.24) is 5.43 Å². The van der Waals surface area contributed by atoms with Crippen LogP contribution in [0.25, 0.3) is 0 Å². The molecule has 1 aromatic carbocycles. The van der Waals surface area contributed by atoms with E-state index in [1.54, 1.807) is 12.1 Å². The van der Waals surface area contributed by atoms with Crippen LogP contribution in [-0.2, 0) is 23.8 Å². The van der Waals surface area contributed by atoms with Gasteiger partial charge in [0.2, 0.25) is 0 Å². The summed E-state index contributed by atoms with van der Waals surface area (Å²) >= 11 is 0. The molecule has 1 aliphatic rings. The quantitative estimate of drug-likeness (QED) is 0.319. The minimum absolute atomic E-state index is 0.0922. The number of nitrogens with one attached hydrogen (secondary N) is 1. The van der Waals surface area contributed by atoms with Crippen LogP contribution < -0.4 is 10.4 Å². The molecule has 1 aliphatic heterocycles. The van der Waals surface area contributed by atoms with Crippen molar-refractivity contribution < 1.29 is 28.9 Å². The van der Waals surface area contributed by atoms with Gasteiger partial charge in [-0.3, -0.25) is 15.0 Å². The van der Waals surface area contributed by atoms with Gasteiger partial charge >= 0.3 is 0 Å². The van der Waals surface area contributed by atoms with Crippen molar-refractivity contribution in [1.29, 1.82) is 0 Å². The van der Waals surface area contributed by atoms with Crippen molar-refractivity contribution in [2.75, 3.05) is 51.3 Å². The molecule has 1 saturated heterocycles. The van der Waals surface area contributed by atoms with Crippen molar-refractivity contribution in [3.05, 3.63) is 30.3 Å². The first kappa shape index (κ1) is 31.0. The Hall–Kier alpha value is -2.00. The number of benzene rings is 1. The summed E-state index contributed by atoms with van der Waals surface area (Å²) in [6, 6.07) is 9.17. The summed E-state index contributed by atoms with van der Waals surface area (Å²) in [4.78, 5) is 23.8. The Kier molecular flexibility index (Phi) is 20.5. The molecule has 0 aromatic heterocycles. The highest BCUT2D eigenvalue weighted by atomic mass is 16.5. The normalized spacial score (nSPS) is 14.8. The summed E-state index contributed by atoms with van der Waals surface area (Å²) in [6.07, 6.45) is 4.79. The van der Waals surface area contributed by atoms with E-state index in [0.717, 1.165) is 45.5 Å². The maximum Gasteiger partial charge on any atom is 0.258 e. The molecular weight excluding hydrogens is 424 g/mol. The molecule has 2 N–H and O–H groups in total. The first-order valence-electron chi connectivity index (χ1n) is 12.1. The van der Waals surface area contributed by atoms with E-state index < -0.39 is 5.92 Å². The third-order valence-corrected chi connectivity index (χ3v) is 4.58. The third-order valence-electron chi connectivity index (χ3n) is 4.58. The molecule has 1 fully saturated rings. The Bertz CT molecular complexity index is 590. The first-order valence-corrected chi connectivity index (χ1v) is 12.1. The number of aliphatic hydroxyl groups excluding tert-OH is 1. The van der Waals surface area contributed by atoms with E-state index >= 15 is 0 Å². The Morgan fingerprint density at radius 1 is 0.848 bits per heavy atom.